The van der Waals surface area contributed by atoms with E-state index in [1.165, 1.54) is 6.20 Å². The predicted molar refractivity (Wildman–Crippen MR) is 127 cm³/mol. The second kappa shape index (κ2) is 10.5. The Hall–Kier alpha value is -3.72. The van der Waals surface area contributed by atoms with Crippen molar-refractivity contribution >= 4 is 40.7 Å². The molecule has 4 rings (SSSR count). The highest BCUT2D eigenvalue weighted by atomic mass is 35.5. The quantitative estimate of drug-likeness (QED) is 0.544. The van der Waals surface area contributed by atoms with Crippen LogP contribution in [0.2, 0.25) is 5.02 Å². The summed E-state index contributed by atoms with van der Waals surface area (Å²) in [7, 11) is 0. The third-order valence-electron chi connectivity index (χ3n) is 5.36. The maximum absolute atomic E-state index is 13.7. The number of carbonyl (C=O) groups excluding carboxylic acids is 2. The summed E-state index contributed by atoms with van der Waals surface area (Å²) in [6.45, 7) is 2.50. The predicted octanol–water partition coefficient (Wildman–Crippen LogP) is 5.01. The Balaban J connectivity index is 1.33. The summed E-state index contributed by atoms with van der Waals surface area (Å²) in [5.74, 6) is -0.936. The van der Waals surface area contributed by atoms with Crippen LogP contribution in [-0.2, 0) is 0 Å². The average molecular weight is 486 g/mol. The van der Waals surface area contributed by atoms with Gasteiger partial charge in [0.2, 0.25) is 0 Å². The van der Waals surface area contributed by atoms with Crippen molar-refractivity contribution < 1.29 is 18.4 Å². The number of halogens is 3. The minimum absolute atomic E-state index is 0.0551. The normalized spacial score (nSPS) is 13.9. The molecule has 1 fully saturated rings. The first kappa shape index (κ1) is 23.4. The number of amides is 3. The molecule has 176 valence electrons. The van der Waals surface area contributed by atoms with E-state index in [0.29, 0.717) is 47.8 Å². The molecule has 0 aliphatic carbocycles. The van der Waals surface area contributed by atoms with Crippen LogP contribution in [0.3, 0.4) is 0 Å². The van der Waals surface area contributed by atoms with Gasteiger partial charge in [0.15, 0.2) is 0 Å². The van der Waals surface area contributed by atoms with Crippen LogP contribution in [0.5, 0.6) is 0 Å². The van der Waals surface area contributed by atoms with E-state index in [0.717, 1.165) is 25.1 Å². The average Bonchev–Trinajstić information content (AvgIpc) is 3.07. The fourth-order valence-corrected chi connectivity index (χ4v) is 3.87. The van der Waals surface area contributed by atoms with Crippen LogP contribution in [0.4, 0.5) is 30.8 Å². The number of aromatic nitrogens is 1. The number of urea groups is 1. The van der Waals surface area contributed by atoms with Gasteiger partial charge in [0.05, 0.1) is 17.6 Å². The summed E-state index contributed by atoms with van der Waals surface area (Å²) in [6, 6.07) is 12.6. The molecule has 1 aliphatic heterocycles. The lowest BCUT2D eigenvalue weighted by molar-refractivity contribution is 0.0767. The van der Waals surface area contributed by atoms with Crippen molar-refractivity contribution in [2.75, 3.05) is 41.7 Å². The van der Waals surface area contributed by atoms with Gasteiger partial charge in [0.1, 0.15) is 17.5 Å². The molecule has 2 N–H and O–H groups in total. The topological polar surface area (TPSA) is 77.6 Å². The van der Waals surface area contributed by atoms with Crippen molar-refractivity contribution in [2.24, 2.45) is 0 Å². The van der Waals surface area contributed by atoms with Crippen molar-refractivity contribution in [1.82, 2.24) is 9.88 Å². The molecule has 0 spiro atoms. The van der Waals surface area contributed by atoms with Crippen molar-refractivity contribution in [1.29, 1.82) is 0 Å². The van der Waals surface area contributed by atoms with E-state index in [1.54, 1.807) is 41.3 Å². The van der Waals surface area contributed by atoms with Crippen molar-refractivity contribution in [2.45, 2.75) is 6.42 Å². The first-order valence-corrected chi connectivity index (χ1v) is 11.1. The first-order chi connectivity index (χ1) is 16.4. The van der Waals surface area contributed by atoms with Crippen molar-refractivity contribution in [3.05, 3.63) is 83.0 Å². The van der Waals surface area contributed by atoms with E-state index in [2.05, 4.69) is 20.5 Å². The standard InChI is InChI=1S/C24H22ClF2N5O2/c25-17-4-1-3-16(13-17)23(33)32-10-2-9-31(11-12-32)22-8-6-19(15-28-22)29-24(34)30-21-7-5-18(26)14-20(21)27/h1,3-8,13-15H,2,9-12H2,(H2,29,30,34). The fourth-order valence-electron chi connectivity index (χ4n) is 3.68. The molecule has 0 atom stereocenters. The first-order valence-electron chi connectivity index (χ1n) is 10.7. The Kier molecular flexibility index (Phi) is 7.22. The lowest BCUT2D eigenvalue weighted by atomic mass is 10.2. The number of anilines is 3. The summed E-state index contributed by atoms with van der Waals surface area (Å²) in [5.41, 5.74) is 0.842. The van der Waals surface area contributed by atoms with Gasteiger partial charge in [-0.15, -0.1) is 0 Å². The molecule has 0 radical (unpaired) electrons. The van der Waals surface area contributed by atoms with Crippen molar-refractivity contribution in [3.8, 4) is 0 Å². The summed E-state index contributed by atoms with van der Waals surface area (Å²) in [5, 5.41) is 5.42. The summed E-state index contributed by atoms with van der Waals surface area (Å²) in [4.78, 5) is 33.2. The zero-order valence-corrected chi connectivity index (χ0v) is 18.9. The van der Waals surface area contributed by atoms with Gasteiger partial charge in [-0.3, -0.25) is 4.79 Å². The molecular formula is C24H22ClF2N5O2. The van der Waals surface area contributed by atoms with Crippen LogP contribution in [0, 0.1) is 11.6 Å². The SMILES string of the molecule is O=C(Nc1ccc(N2CCCN(C(=O)c3cccc(Cl)c3)CC2)nc1)Nc1ccc(F)cc1F. The molecule has 1 aliphatic rings. The van der Waals surface area contributed by atoms with Crippen LogP contribution in [0.1, 0.15) is 16.8 Å². The summed E-state index contributed by atoms with van der Waals surface area (Å²) < 4.78 is 26.7. The second-order valence-corrected chi connectivity index (χ2v) is 8.19. The summed E-state index contributed by atoms with van der Waals surface area (Å²) >= 11 is 6.01. The van der Waals surface area contributed by atoms with E-state index >= 15 is 0 Å². The highest BCUT2D eigenvalue weighted by Gasteiger charge is 2.21. The third-order valence-corrected chi connectivity index (χ3v) is 5.60. The van der Waals surface area contributed by atoms with Crippen molar-refractivity contribution in [3.63, 3.8) is 0 Å². The lowest BCUT2D eigenvalue weighted by Gasteiger charge is -2.23. The highest BCUT2D eigenvalue weighted by molar-refractivity contribution is 6.30. The smallest absolute Gasteiger partial charge is 0.323 e. The molecule has 0 bridgehead atoms. The number of hydrogen-bond donors (Lipinski definition) is 2. The van der Waals surface area contributed by atoms with Gasteiger partial charge in [0, 0.05) is 42.8 Å². The lowest BCUT2D eigenvalue weighted by Crippen LogP contribution is -2.35. The van der Waals surface area contributed by atoms with Crippen LogP contribution in [-0.4, -0.2) is 48.0 Å². The van der Waals surface area contributed by atoms with Gasteiger partial charge < -0.3 is 20.4 Å². The van der Waals surface area contributed by atoms with Gasteiger partial charge in [-0.2, -0.15) is 0 Å². The molecule has 34 heavy (non-hydrogen) atoms. The van der Waals surface area contributed by atoms with E-state index < -0.39 is 17.7 Å². The van der Waals surface area contributed by atoms with Gasteiger partial charge in [-0.05, 0) is 48.9 Å². The number of nitrogens with one attached hydrogen (secondary N) is 2. The highest BCUT2D eigenvalue weighted by Crippen LogP contribution is 2.19. The molecule has 1 saturated heterocycles. The van der Waals surface area contributed by atoms with Gasteiger partial charge in [0.25, 0.3) is 5.91 Å². The van der Waals surface area contributed by atoms with Crippen LogP contribution in [0.25, 0.3) is 0 Å². The molecule has 3 aromatic rings. The molecule has 0 saturated carbocycles. The number of pyridine rings is 1. The molecule has 0 unspecified atom stereocenters. The largest absolute Gasteiger partial charge is 0.355 e. The summed E-state index contributed by atoms with van der Waals surface area (Å²) in [6.07, 6.45) is 2.27. The van der Waals surface area contributed by atoms with Gasteiger partial charge >= 0.3 is 6.03 Å². The third kappa shape index (κ3) is 5.79. The Morgan fingerprint density at radius 1 is 0.941 bits per heavy atom. The molecule has 10 heteroatoms. The minimum atomic E-state index is -0.868. The van der Waals surface area contributed by atoms with E-state index in [1.807, 2.05) is 0 Å². The van der Waals surface area contributed by atoms with Crippen LogP contribution >= 0.6 is 11.6 Å². The molecule has 1 aromatic heterocycles. The Bertz CT molecular complexity index is 1190. The number of nitrogens with zero attached hydrogens (tertiary/aromatic N) is 3. The molecule has 7 nitrogen and oxygen atoms in total. The monoisotopic (exact) mass is 485 g/mol. The fraction of sp³-hybridized carbons (Fsp3) is 0.208. The number of rotatable bonds is 4. The zero-order valence-electron chi connectivity index (χ0n) is 18.1. The number of benzene rings is 2. The Morgan fingerprint density at radius 3 is 2.53 bits per heavy atom. The van der Waals surface area contributed by atoms with Gasteiger partial charge in [-0.1, -0.05) is 17.7 Å². The molecule has 3 amide bonds. The number of hydrogen-bond acceptors (Lipinski definition) is 4. The second-order valence-electron chi connectivity index (χ2n) is 7.75. The van der Waals surface area contributed by atoms with Crippen LogP contribution in [0.15, 0.2) is 60.8 Å². The van der Waals surface area contributed by atoms with E-state index in [9.17, 15) is 18.4 Å². The maximum atomic E-state index is 13.7. The zero-order chi connectivity index (χ0) is 24.1. The molecule has 2 aromatic carbocycles. The minimum Gasteiger partial charge on any atom is -0.355 e. The van der Waals surface area contributed by atoms with E-state index in [4.69, 9.17) is 11.6 Å². The number of carbonyl (C=O) groups is 2. The van der Waals surface area contributed by atoms with Crippen LogP contribution < -0.4 is 15.5 Å². The van der Waals surface area contributed by atoms with E-state index in [-0.39, 0.29) is 11.6 Å². The molecule has 2 heterocycles. The Labute approximate surface area is 200 Å². The maximum Gasteiger partial charge on any atom is 0.323 e. The Morgan fingerprint density at radius 2 is 1.79 bits per heavy atom. The van der Waals surface area contributed by atoms with Gasteiger partial charge in [-0.25, -0.2) is 18.6 Å². The molecular weight excluding hydrogens is 464 g/mol.